The molecule has 2 aliphatic rings. The van der Waals surface area contributed by atoms with Crippen LogP contribution in [0.5, 0.6) is 0 Å². The Morgan fingerprint density at radius 2 is 1.57 bits per heavy atom. The first-order valence-electron chi connectivity index (χ1n) is 7.76. The maximum atomic E-state index is 13.2. The molecule has 2 saturated heterocycles. The third-order valence-corrected chi connectivity index (χ3v) is 9.06. The number of piperidine rings is 1. The van der Waals surface area contributed by atoms with Gasteiger partial charge in [0.05, 0.1) is 16.6 Å². The standard InChI is InChI=1S/C14H23N3O4S2/c1-9-14(10(2)16(3)15-9)23(20,21)17-11-5-6-12(17)8-13(7-11)22(4,18)19/h11-13H,5-8H2,1-4H3. The first-order chi connectivity index (χ1) is 10.5. The van der Waals surface area contributed by atoms with E-state index in [-0.39, 0.29) is 17.0 Å². The molecule has 2 aliphatic heterocycles. The molecule has 2 unspecified atom stereocenters. The van der Waals surface area contributed by atoms with Gasteiger partial charge in [-0.2, -0.15) is 9.40 Å². The number of hydrogen-bond donors (Lipinski definition) is 0. The fourth-order valence-electron chi connectivity index (χ4n) is 4.06. The van der Waals surface area contributed by atoms with E-state index in [4.69, 9.17) is 0 Å². The summed E-state index contributed by atoms with van der Waals surface area (Å²) in [5, 5.41) is 3.78. The van der Waals surface area contributed by atoms with E-state index >= 15 is 0 Å². The van der Waals surface area contributed by atoms with Gasteiger partial charge in [0, 0.05) is 25.4 Å². The van der Waals surface area contributed by atoms with Gasteiger partial charge in [0.15, 0.2) is 0 Å². The zero-order valence-electron chi connectivity index (χ0n) is 13.9. The van der Waals surface area contributed by atoms with E-state index in [9.17, 15) is 16.8 Å². The Morgan fingerprint density at radius 3 is 1.96 bits per heavy atom. The molecule has 0 amide bonds. The predicted octanol–water partition coefficient (Wildman–Crippen LogP) is 0.766. The Hall–Kier alpha value is -0.930. The highest BCUT2D eigenvalue weighted by molar-refractivity contribution is 7.91. The van der Waals surface area contributed by atoms with Crippen LogP contribution >= 0.6 is 0 Å². The Morgan fingerprint density at radius 1 is 1.04 bits per heavy atom. The van der Waals surface area contributed by atoms with Gasteiger partial charge in [-0.1, -0.05) is 0 Å². The second kappa shape index (κ2) is 5.29. The molecule has 0 aliphatic carbocycles. The fourth-order valence-corrected chi connectivity index (χ4v) is 7.50. The quantitative estimate of drug-likeness (QED) is 0.793. The summed E-state index contributed by atoms with van der Waals surface area (Å²) in [5.41, 5.74) is 1.11. The van der Waals surface area contributed by atoms with Crippen LogP contribution in [0.25, 0.3) is 0 Å². The van der Waals surface area contributed by atoms with Crippen LogP contribution in [-0.4, -0.2) is 54.5 Å². The van der Waals surface area contributed by atoms with Crippen molar-refractivity contribution in [3.8, 4) is 0 Å². The van der Waals surface area contributed by atoms with E-state index in [1.54, 1.807) is 29.9 Å². The number of sulfone groups is 1. The van der Waals surface area contributed by atoms with Gasteiger partial charge in [-0.25, -0.2) is 16.8 Å². The highest BCUT2D eigenvalue weighted by Gasteiger charge is 2.50. The highest BCUT2D eigenvalue weighted by Crippen LogP contribution is 2.42. The average molecular weight is 361 g/mol. The number of aryl methyl sites for hydroxylation is 2. The summed E-state index contributed by atoms with van der Waals surface area (Å²) < 4.78 is 53.2. The number of sulfonamides is 1. The number of nitrogens with zero attached hydrogens (tertiary/aromatic N) is 3. The molecule has 1 aromatic rings. The van der Waals surface area contributed by atoms with Crippen molar-refractivity contribution in [1.82, 2.24) is 14.1 Å². The lowest BCUT2D eigenvalue weighted by Gasteiger charge is -2.37. The average Bonchev–Trinajstić information content (AvgIpc) is 2.83. The Labute approximate surface area is 137 Å². The maximum Gasteiger partial charge on any atom is 0.247 e. The molecule has 3 heterocycles. The SMILES string of the molecule is Cc1nn(C)c(C)c1S(=O)(=O)N1C2CCC1CC(S(C)(=O)=O)C2. The molecule has 7 nitrogen and oxygen atoms in total. The van der Waals surface area contributed by atoms with E-state index in [0.29, 0.717) is 24.2 Å². The Kier molecular flexibility index (Phi) is 3.89. The normalized spacial score (nSPS) is 29.1. The van der Waals surface area contributed by atoms with E-state index in [1.165, 1.54) is 6.26 Å². The maximum absolute atomic E-state index is 13.2. The molecule has 2 bridgehead atoms. The summed E-state index contributed by atoms with van der Waals surface area (Å²) in [7, 11) is -5.06. The first kappa shape index (κ1) is 16.9. The molecule has 2 atom stereocenters. The molecule has 23 heavy (non-hydrogen) atoms. The summed E-state index contributed by atoms with van der Waals surface area (Å²) in [4.78, 5) is 0.273. The lowest BCUT2D eigenvalue weighted by molar-refractivity contribution is 0.249. The molecule has 2 fully saturated rings. The fraction of sp³-hybridized carbons (Fsp3) is 0.786. The smallest absolute Gasteiger partial charge is 0.247 e. The number of rotatable bonds is 3. The minimum atomic E-state index is -3.65. The van der Waals surface area contributed by atoms with Crippen molar-refractivity contribution >= 4 is 19.9 Å². The molecule has 0 spiro atoms. The van der Waals surface area contributed by atoms with Crippen molar-refractivity contribution in [2.45, 2.75) is 61.8 Å². The second-order valence-corrected chi connectivity index (χ2v) is 10.9. The Bertz CT molecular complexity index is 828. The molecule has 0 saturated carbocycles. The van der Waals surface area contributed by atoms with Gasteiger partial charge in [-0.15, -0.1) is 0 Å². The molecule has 0 N–H and O–H groups in total. The zero-order valence-corrected chi connectivity index (χ0v) is 15.5. The largest absolute Gasteiger partial charge is 0.271 e. The number of fused-ring (bicyclic) bond motifs is 2. The van der Waals surface area contributed by atoms with Crippen molar-refractivity contribution in [3.05, 3.63) is 11.4 Å². The summed E-state index contributed by atoms with van der Waals surface area (Å²) in [6.45, 7) is 3.45. The molecular weight excluding hydrogens is 338 g/mol. The van der Waals surface area contributed by atoms with Crippen molar-refractivity contribution in [3.63, 3.8) is 0 Å². The van der Waals surface area contributed by atoms with Crippen molar-refractivity contribution in [2.75, 3.05) is 6.26 Å². The highest BCUT2D eigenvalue weighted by atomic mass is 32.2. The van der Waals surface area contributed by atoms with Gasteiger partial charge >= 0.3 is 0 Å². The van der Waals surface area contributed by atoms with E-state index in [0.717, 1.165) is 12.8 Å². The molecule has 9 heteroatoms. The molecule has 3 rings (SSSR count). The van der Waals surface area contributed by atoms with Gasteiger partial charge in [0.25, 0.3) is 0 Å². The molecule has 0 aromatic carbocycles. The Balaban J connectivity index is 2.00. The molecule has 1 aromatic heterocycles. The van der Waals surface area contributed by atoms with Crippen LogP contribution in [0.4, 0.5) is 0 Å². The third kappa shape index (κ3) is 2.62. The molecule has 0 radical (unpaired) electrons. The summed E-state index contributed by atoms with van der Waals surface area (Å²) in [6.07, 6.45) is 3.50. The van der Waals surface area contributed by atoms with Crippen molar-refractivity contribution < 1.29 is 16.8 Å². The van der Waals surface area contributed by atoms with Crippen LogP contribution in [0.3, 0.4) is 0 Å². The molecule has 130 valence electrons. The van der Waals surface area contributed by atoms with Gasteiger partial charge in [0.1, 0.15) is 14.7 Å². The van der Waals surface area contributed by atoms with Crippen LogP contribution in [0.15, 0.2) is 4.90 Å². The van der Waals surface area contributed by atoms with Crippen LogP contribution in [-0.2, 0) is 26.9 Å². The predicted molar refractivity (Wildman–Crippen MR) is 86.4 cm³/mol. The summed E-state index contributed by atoms with van der Waals surface area (Å²) in [6, 6.07) is -0.449. The molecular formula is C14H23N3O4S2. The summed E-state index contributed by atoms with van der Waals surface area (Å²) >= 11 is 0. The first-order valence-corrected chi connectivity index (χ1v) is 11.2. The van der Waals surface area contributed by atoms with Gasteiger partial charge in [-0.05, 0) is 39.5 Å². The van der Waals surface area contributed by atoms with Crippen molar-refractivity contribution in [1.29, 1.82) is 0 Å². The lowest BCUT2D eigenvalue weighted by atomic mass is 10.1. The topological polar surface area (TPSA) is 89.3 Å². The zero-order chi connectivity index (χ0) is 17.2. The van der Waals surface area contributed by atoms with Gasteiger partial charge < -0.3 is 0 Å². The van der Waals surface area contributed by atoms with E-state index < -0.39 is 25.1 Å². The van der Waals surface area contributed by atoms with E-state index in [1.807, 2.05) is 0 Å². The van der Waals surface area contributed by atoms with Crippen LogP contribution in [0.1, 0.15) is 37.1 Å². The van der Waals surface area contributed by atoms with Crippen LogP contribution in [0, 0.1) is 13.8 Å². The monoisotopic (exact) mass is 361 g/mol. The van der Waals surface area contributed by atoms with Gasteiger partial charge in [0.2, 0.25) is 10.0 Å². The van der Waals surface area contributed by atoms with E-state index in [2.05, 4.69) is 5.10 Å². The number of hydrogen-bond acceptors (Lipinski definition) is 5. The third-order valence-electron chi connectivity index (χ3n) is 5.21. The van der Waals surface area contributed by atoms with Gasteiger partial charge in [-0.3, -0.25) is 4.68 Å². The second-order valence-electron chi connectivity index (χ2n) is 6.77. The van der Waals surface area contributed by atoms with Crippen LogP contribution in [0.2, 0.25) is 0 Å². The van der Waals surface area contributed by atoms with Crippen LogP contribution < -0.4 is 0 Å². The minimum absolute atomic E-state index is 0.225. The minimum Gasteiger partial charge on any atom is -0.271 e. The lowest BCUT2D eigenvalue weighted by Crippen LogP contribution is -2.49. The van der Waals surface area contributed by atoms with Crippen molar-refractivity contribution in [2.24, 2.45) is 7.05 Å². The number of aromatic nitrogens is 2. The summed E-state index contributed by atoms with van der Waals surface area (Å²) in [5.74, 6) is 0.